The van der Waals surface area contributed by atoms with Gasteiger partial charge in [0.2, 0.25) is 0 Å². The summed E-state index contributed by atoms with van der Waals surface area (Å²) in [5, 5.41) is 8.26. The molecule has 2 fully saturated rings. The lowest BCUT2D eigenvalue weighted by atomic mass is 9.80. The van der Waals surface area contributed by atoms with Crippen LogP contribution >= 0.6 is 0 Å². The first-order valence-electron chi connectivity index (χ1n) is 10.0. The molecule has 3 heterocycles. The summed E-state index contributed by atoms with van der Waals surface area (Å²) in [5.41, 5.74) is 1.87. The van der Waals surface area contributed by atoms with Gasteiger partial charge in [-0.05, 0) is 43.5 Å². The summed E-state index contributed by atoms with van der Waals surface area (Å²) >= 11 is 0. The van der Waals surface area contributed by atoms with Crippen molar-refractivity contribution in [2.24, 2.45) is 5.41 Å². The summed E-state index contributed by atoms with van der Waals surface area (Å²) < 4.78 is 37.6. The SMILES string of the molecule is CN1CCOCC2(CCCN(C(=O)c3ccc4cc[nH]c4c3)C2)C1.O=C(O)C(F)(F)F. The van der Waals surface area contributed by atoms with Gasteiger partial charge in [-0.1, -0.05) is 6.07 Å². The van der Waals surface area contributed by atoms with E-state index in [0.717, 1.165) is 68.7 Å². The molecule has 1 amide bonds. The number of carboxylic acids is 1. The number of rotatable bonds is 1. The summed E-state index contributed by atoms with van der Waals surface area (Å²) in [5.74, 6) is -2.62. The van der Waals surface area contributed by atoms with E-state index in [9.17, 15) is 18.0 Å². The second-order valence-corrected chi connectivity index (χ2v) is 8.20. The molecule has 2 aliphatic heterocycles. The number of amides is 1. The summed E-state index contributed by atoms with van der Waals surface area (Å²) in [7, 11) is 2.15. The van der Waals surface area contributed by atoms with E-state index in [4.69, 9.17) is 14.6 Å². The Bertz CT molecular complexity index is 930. The molecule has 0 aliphatic carbocycles. The molecule has 0 radical (unpaired) electrons. The number of H-pyrrole nitrogens is 1. The first kappa shape index (κ1) is 23.1. The van der Waals surface area contributed by atoms with Gasteiger partial charge >= 0.3 is 12.1 Å². The van der Waals surface area contributed by atoms with E-state index in [0.29, 0.717) is 0 Å². The number of hydrogen-bond donors (Lipinski definition) is 2. The fraction of sp³-hybridized carbons (Fsp3) is 0.524. The zero-order valence-corrected chi connectivity index (χ0v) is 17.2. The van der Waals surface area contributed by atoms with Crippen molar-refractivity contribution in [2.45, 2.75) is 19.0 Å². The molecular formula is C21H26F3N3O4. The molecule has 170 valence electrons. The normalized spacial score (nSPS) is 22.6. The number of nitrogens with zero attached hydrogens (tertiary/aromatic N) is 2. The average molecular weight is 441 g/mol. The van der Waals surface area contributed by atoms with Crippen LogP contribution in [0.3, 0.4) is 0 Å². The molecule has 1 spiro atoms. The van der Waals surface area contributed by atoms with Crippen molar-refractivity contribution in [1.82, 2.24) is 14.8 Å². The Hall–Kier alpha value is -2.59. The molecule has 7 nitrogen and oxygen atoms in total. The second kappa shape index (κ2) is 9.27. The molecule has 4 rings (SSSR count). The van der Waals surface area contributed by atoms with Crippen LogP contribution in [0.4, 0.5) is 13.2 Å². The summed E-state index contributed by atoms with van der Waals surface area (Å²) in [4.78, 5) is 29.5. The van der Waals surface area contributed by atoms with Crippen LogP contribution in [0.1, 0.15) is 23.2 Å². The highest BCUT2D eigenvalue weighted by atomic mass is 19.4. The number of likely N-dealkylation sites (tertiary alicyclic amines) is 1. The highest BCUT2D eigenvalue weighted by Gasteiger charge is 2.40. The van der Waals surface area contributed by atoms with Crippen LogP contribution in [0.15, 0.2) is 30.5 Å². The lowest BCUT2D eigenvalue weighted by molar-refractivity contribution is -0.192. The van der Waals surface area contributed by atoms with Crippen LogP contribution in [0.25, 0.3) is 10.9 Å². The maximum absolute atomic E-state index is 13.0. The number of benzene rings is 1. The van der Waals surface area contributed by atoms with Gasteiger partial charge < -0.3 is 24.6 Å². The molecule has 1 unspecified atom stereocenters. The molecule has 1 atom stereocenters. The third-order valence-corrected chi connectivity index (χ3v) is 5.62. The lowest BCUT2D eigenvalue weighted by Crippen LogP contribution is -2.51. The van der Waals surface area contributed by atoms with E-state index in [2.05, 4.69) is 16.9 Å². The number of likely N-dealkylation sites (N-methyl/N-ethyl adjacent to an activating group) is 1. The second-order valence-electron chi connectivity index (χ2n) is 8.20. The first-order chi connectivity index (χ1) is 14.6. The Balaban J connectivity index is 0.000000339. The molecule has 2 saturated heterocycles. The number of carbonyl (C=O) groups is 2. The average Bonchev–Trinajstić information content (AvgIpc) is 3.11. The van der Waals surface area contributed by atoms with Crippen LogP contribution in [-0.4, -0.2) is 84.4 Å². The standard InChI is InChI=1S/C19H25N3O2.C2HF3O2/c1-21-9-10-24-14-19(12-21)6-2-8-22(13-19)18(23)16-4-3-15-5-7-20-17(15)11-16;3-2(4,5)1(6)7/h3-5,7,11,20H,2,6,8-10,12-14H2,1H3;(H,6,7). The number of ether oxygens (including phenoxy) is 1. The van der Waals surface area contributed by atoms with Crippen LogP contribution in [0, 0.1) is 5.41 Å². The molecule has 1 aromatic carbocycles. The highest BCUT2D eigenvalue weighted by molar-refractivity contribution is 5.98. The lowest BCUT2D eigenvalue weighted by Gasteiger charge is -2.43. The third-order valence-electron chi connectivity index (χ3n) is 5.62. The number of nitrogens with one attached hydrogen (secondary N) is 1. The quantitative estimate of drug-likeness (QED) is 0.711. The van der Waals surface area contributed by atoms with Gasteiger partial charge in [-0.25, -0.2) is 4.79 Å². The first-order valence-corrected chi connectivity index (χ1v) is 10.0. The monoisotopic (exact) mass is 441 g/mol. The maximum Gasteiger partial charge on any atom is 0.490 e. The summed E-state index contributed by atoms with van der Waals surface area (Å²) in [6.07, 6.45) is -0.988. The maximum atomic E-state index is 13.0. The number of piperidine rings is 1. The van der Waals surface area contributed by atoms with Gasteiger partial charge in [0, 0.05) is 48.9 Å². The van der Waals surface area contributed by atoms with Crippen LogP contribution in [0.2, 0.25) is 0 Å². The Morgan fingerprint density at radius 2 is 1.94 bits per heavy atom. The minimum Gasteiger partial charge on any atom is -0.475 e. The fourth-order valence-electron chi connectivity index (χ4n) is 4.20. The molecule has 1 aromatic heterocycles. The number of aliphatic carboxylic acids is 1. The number of carboxylic acid groups (broad SMARTS) is 1. The van der Waals surface area contributed by atoms with Crippen molar-refractivity contribution in [2.75, 3.05) is 46.4 Å². The Labute approximate surface area is 177 Å². The molecule has 2 aliphatic rings. The largest absolute Gasteiger partial charge is 0.490 e. The van der Waals surface area contributed by atoms with Crippen LogP contribution < -0.4 is 0 Å². The van der Waals surface area contributed by atoms with E-state index in [1.807, 2.05) is 35.4 Å². The summed E-state index contributed by atoms with van der Waals surface area (Å²) in [6, 6.07) is 7.95. The van der Waals surface area contributed by atoms with Gasteiger partial charge in [-0.3, -0.25) is 4.79 Å². The van der Waals surface area contributed by atoms with Crippen LogP contribution in [0.5, 0.6) is 0 Å². The number of aromatic nitrogens is 1. The number of fused-ring (bicyclic) bond motifs is 1. The topological polar surface area (TPSA) is 85.9 Å². The smallest absolute Gasteiger partial charge is 0.475 e. The Kier molecular flexibility index (Phi) is 6.90. The molecular weight excluding hydrogens is 415 g/mol. The van der Waals surface area contributed by atoms with Crippen molar-refractivity contribution in [3.05, 3.63) is 36.0 Å². The number of hydrogen-bond acceptors (Lipinski definition) is 4. The minimum absolute atomic E-state index is 0.0791. The van der Waals surface area contributed by atoms with Crippen molar-refractivity contribution >= 4 is 22.8 Å². The summed E-state index contributed by atoms with van der Waals surface area (Å²) in [6.45, 7) is 5.16. The number of halogens is 3. The van der Waals surface area contributed by atoms with E-state index < -0.39 is 12.1 Å². The van der Waals surface area contributed by atoms with E-state index in [-0.39, 0.29) is 11.3 Å². The van der Waals surface area contributed by atoms with Crippen molar-refractivity contribution < 1.29 is 32.6 Å². The Morgan fingerprint density at radius 3 is 2.65 bits per heavy atom. The van der Waals surface area contributed by atoms with Crippen molar-refractivity contribution in [3.63, 3.8) is 0 Å². The third kappa shape index (κ3) is 5.76. The van der Waals surface area contributed by atoms with E-state index in [1.165, 1.54) is 0 Å². The number of carbonyl (C=O) groups excluding carboxylic acids is 1. The zero-order chi connectivity index (χ0) is 22.6. The van der Waals surface area contributed by atoms with Gasteiger partial charge in [0.15, 0.2) is 0 Å². The van der Waals surface area contributed by atoms with E-state index in [1.54, 1.807) is 0 Å². The molecule has 0 bridgehead atoms. The van der Waals surface area contributed by atoms with E-state index >= 15 is 0 Å². The van der Waals surface area contributed by atoms with Crippen molar-refractivity contribution in [3.8, 4) is 0 Å². The number of alkyl halides is 3. The fourth-order valence-corrected chi connectivity index (χ4v) is 4.20. The molecule has 2 N–H and O–H groups in total. The van der Waals surface area contributed by atoms with Crippen LogP contribution in [-0.2, 0) is 9.53 Å². The predicted octanol–water partition coefficient (Wildman–Crippen LogP) is 2.99. The van der Waals surface area contributed by atoms with Gasteiger partial charge in [0.25, 0.3) is 5.91 Å². The molecule has 31 heavy (non-hydrogen) atoms. The van der Waals surface area contributed by atoms with Gasteiger partial charge in [0.1, 0.15) is 0 Å². The van der Waals surface area contributed by atoms with Gasteiger partial charge in [0.05, 0.1) is 13.2 Å². The molecule has 10 heteroatoms. The van der Waals surface area contributed by atoms with Gasteiger partial charge in [-0.15, -0.1) is 0 Å². The minimum atomic E-state index is -5.08. The predicted molar refractivity (Wildman–Crippen MR) is 108 cm³/mol. The van der Waals surface area contributed by atoms with Crippen molar-refractivity contribution in [1.29, 1.82) is 0 Å². The van der Waals surface area contributed by atoms with Gasteiger partial charge in [-0.2, -0.15) is 13.2 Å². The number of aromatic amines is 1. The highest BCUT2D eigenvalue weighted by Crippen LogP contribution is 2.33. The zero-order valence-electron chi connectivity index (χ0n) is 17.2. The Morgan fingerprint density at radius 1 is 1.19 bits per heavy atom. The molecule has 2 aromatic rings. The molecule has 0 saturated carbocycles.